The molecule has 0 amide bonds. The number of nitrogen functional groups attached to an aromatic ring is 1. The number of nitrogens with two attached hydrogens (primary N) is 1. The molecule has 0 bridgehead atoms. The third-order valence-electron chi connectivity index (χ3n) is 2.77. The molecule has 0 saturated carbocycles. The number of aromatic nitrogens is 1. The first kappa shape index (κ1) is 15.0. The zero-order chi connectivity index (χ0) is 15.8. The van der Waals surface area contributed by atoms with Crippen LogP contribution in [0.15, 0.2) is 24.3 Å². The van der Waals surface area contributed by atoms with E-state index < -0.39 is 35.0 Å². The molecule has 1 aromatic carbocycles. The second-order valence-electron chi connectivity index (χ2n) is 4.34. The van der Waals surface area contributed by atoms with Gasteiger partial charge < -0.3 is 11.1 Å². The number of benzene rings is 1. The van der Waals surface area contributed by atoms with Crippen molar-refractivity contribution in [3.63, 3.8) is 0 Å². The highest BCUT2D eigenvalue weighted by Gasteiger charge is 2.30. The van der Waals surface area contributed by atoms with E-state index in [0.717, 1.165) is 12.1 Å². The molecule has 0 saturated heterocycles. The number of nitrogens with zero attached hydrogens (tertiary/aromatic N) is 1. The van der Waals surface area contributed by atoms with Crippen LogP contribution in [0.1, 0.15) is 11.1 Å². The summed E-state index contributed by atoms with van der Waals surface area (Å²) in [7, 11) is 0. The zero-order valence-corrected chi connectivity index (χ0v) is 10.7. The average molecular weight is 303 g/mol. The lowest BCUT2D eigenvalue weighted by molar-refractivity contribution is -0.137. The molecule has 3 nitrogen and oxygen atoms in total. The van der Waals surface area contributed by atoms with Crippen LogP contribution in [0, 0.1) is 18.6 Å². The summed E-state index contributed by atoms with van der Waals surface area (Å²) in [6.45, 7) is 1.53. The van der Waals surface area contributed by atoms with Gasteiger partial charge in [0.05, 0.1) is 5.56 Å². The number of rotatable bonds is 2. The summed E-state index contributed by atoms with van der Waals surface area (Å²) in [6.07, 6.45) is -4.53. The van der Waals surface area contributed by atoms with Gasteiger partial charge in [-0.2, -0.15) is 13.2 Å². The van der Waals surface area contributed by atoms with Crippen molar-refractivity contribution in [1.29, 1.82) is 0 Å². The summed E-state index contributed by atoms with van der Waals surface area (Å²) in [4.78, 5) is 3.44. The molecule has 0 unspecified atom stereocenters. The predicted molar refractivity (Wildman–Crippen MR) is 68.0 cm³/mol. The van der Waals surface area contributed by atoms with E-state index in [4.69, 9.17) is 5.73 Å². The summed E-state index contributed by atoms with van der Waals surface area (Å²) in [6, 6.07) is 3.46. The molecule has 112 valence electrons. The van der Waals surface area contributed by atoms with Gasteiger partial charge in [0.2, 0.25) is 0 Å². The van der Waals surface area contributed by atoms with Crippen molar-refractivity contribution in [3.05, 3.63) is 47.0 Å². The Morgan fingerprint density at radius 1 is 1.10 bits per heavy atom. The van der Waals surface area contributed by atoms with Crippen molar-refractivity contribution in [2.75, 3.05) is 11.1 Å². The highest BCUT2D eigenvalue weighted by molar-refractivity contribution is 5.63. The van der Waals surface area contributed by atoms with Gasteiger partial charge in [-0.05, 0) is 24.6 Å². The molecular weight excluding hydrogens is 293 g/mol. The first-order chi connectivity index (χ1) is 9.68. The minimum Gasteiger partial charge on any atom is -0.381 e. The summed E-state index contributed by atoms with van der Waals surface area (Å²) in [5.74, 6) is -3.10. The Hall–Kier alpha value is -2.38. The summed E-state index contributed by atoms with van der Waals surface area (Å²) >= 11 is 0. The van der Waals surface area contributed by atoms with E-state index in [1.807, 2.05) is 0 Å². The number of aryl methyl sites for hydroxylation is 1. The van der Waals surface area contributed by atoms with E-state index in [1.165, 1.54) is 13.0 Å². The molecule has 0 atom stereocenters. The van der Waals surface area contributed by atoms with Crippen LogP contribution in [0.5, 0.6) is 0 Å². The van der Waals surface area contributed by atoms with Crippen LogP contribution in [-0.4, -0.2) is 4.98 Å². The Balaban J connectivity index is 2.42. The molecule has 21 heavy (non-hydrogen) atoms. The van der Waals surface area contributed by atoms with E-state index >= 15 is 0 Å². The lowest BCUT2D eigenvalue weighted by atomic mass is 10.1. The number of hydrogen-bond acceptors (Lipinski definition) is 3. The minimum atomic E-state index is -4.53. The van der Waals surface area contributed by atoms with Crippen LogP contribution in [0.4, 0.5) is 39.3 Å². The van der Waals surface area contributed by atoms with Gasteiger partial charge >= 0.3 is 6.18 Å². The van der Waals surface area contributed by atoms with Gasteiger partial charge in [-0.25, -0.2) is 13.8 Å². The molecule has 0 aliphatic carbocycles. The Morgan fingerprint density at radius 2 is 1.76 bits per heavy atom. The molecule has 1 aromatic heterocycles. The van der Waals surface area contributed by atoms with Crippen LogP contribution < -0.4 is 11.1 Å². The number of hydrogen-bond donors (Lipinski definition) is 2. The SMILES string of the molecule is Cc1ccc(C(F)(F)F)cc1Nc1nc(N)c(F)cc1F. The highest BCUT2D eigenvalue weighted by Crippen LogP contribution is 2.33. The third-order valence-corrected chi connectivity index (χ3v) is 2.77. The maximum Gasteiger partial charge on any atom is 0.416 e. The Kier molecular flexibility index (Phi) is 3.71. The van der Waals surface area contributed by atoms with Crippen molar-refractivity contribution >= 4 is 17.3 Å². The van der Waals surface area contributed by atoms with Crippen molar-refractivity contribution < 1.29 is 22.0 Å². The Bertz CT molecular complexity index is 682. The molecule has 0 radical (unpaired) electrons. The first-order valence-corrected chi connectivity index (χ1v) is 5.75. The van der Waals surface area contributed by atoms with E-state index in [2.05, 4.69) is 10.3 Å². The first-order valence-electron chi connectivity index (χ1n) is 5.75. The molecule has 3 N–H and O–H groups in total. The van der Waals surface area contributed by atoms with Crippen LogP contribution >= 0.6 is 0 Å². The Labute approximate surface area is 116 Å². The highest BCUT2D eigenvalue weighted by atomic mass is 19.4. The smallest absolute Gasteiger partial charge is 0.381 e. The topological polar surface area (TPSA) is 50.9 Å². The van der Waals surface area contributed by atoms with E-state index in [0.29, 0.717) is 11.6 Å². The van der Waals surface area contributed by atoms with Gasteiger partial charge in [0, 0.05) is 11.8 Å². The van der Waals surface area contributed by atoms with Crippen LogP contribution in [0.3, 0.4) is 0 Å². The molecule has 2 aromatic rings. The number of anilines is 3. The second kappa shape index (κ2) is 5.19. The van der Waals surface area contributed by atoms with Gasteiger partial charge in [0.1, 0.15) is 0 Å². The van der Waals surface area contributed by atoms with Gasteiger partial charge in [-0.3, -0.25) is 0 Å². The molecular formula is C13H10F5N3. The minimum absolute atomic E-state index is 0.00207. The molecule has 0 spiro atoms. The number of pyridine rings is 1. The third kappa shape index (κ3) is 3.21. The van der Waals surface area contributed by atoms with Gasteiger partial charge in [0.15, 0.2) is 23.3 Å². The maximum atomic E-state index is 13.5. The fourth-order valence-corrected chi connectivity index (χ4v) is 1.63. The van der Waals surface area contributed by atoms with Gasteiger partial charge in [-0.15, -0.1) is 0 Å². The Morgan fingerprint density at radius 3 is 2.38 bits per heavy atom. The van der Waals surface area contributed by atoms with Crippen LogP contribution in [0.25, 0.3) is 0 Å². The van der Waals surface area contributed by atoms with Crippen molar-refractivity contribution in [2.24, 2.45) is 0 Å². The number of halogens is 5. The molecule has 1 heterocycles. The fraction of sp³-hybridized carbons (Fsp3) is 0.154. The zero-order valence-electron chi connectivity index (χ0n) is 10.7. The lowest BCUT2D eigenvalue weighted by Crippen LogP contribution is -2.08. The molecule has 0 fully saturated rings. The van der Waals surface area contributed by atoms with E-state index in [1.54, 1.807) is 0 Å². The fourth-order valence-electron chi connectivity index (χ4n) is 1.63. The second-order valence-corrected chi connectivity index (χ2v) is 4.34. The predicted octanol–water partition coefficient (Wildman–Crippen LogP) is 4.01. The summed E-state index contributed by atoms with van der Waals surface area (Å²) in [5.41, 5.74) is 4.75. The van der Waals surface area contributed by atoms with Crippen molar-refractivity contribution in [2.45, 2.75) is 13.1 Å². The standard InChI is InChI=1S/C13H10F5N3/c1-6-2-3-7(13(16,17)18)4-10(6)20-12-9(15)5-8(14)11(19)21-12/h2-5H,1H3,(H3,19,20,21). The van der Waals surface area contributed by atoms with Gasteiger partial charge in [0.25, 0.3) is 0 Å². The summed E-state index contributed by atoms with van der Waals surface area (Å²) in [5, 5.41) is 2.39. The molecule has 8 heteroatoms. The molecule has 0 aliphatic rings. The molecule has 0 aliphatic heterocycles. The van der Waals surface area contributed by atoms with Crippen molar-refractivity contribution in [1.82, 2.24) is 4.98 Å². The average Bonchev–Trinajstić information content (AvgIpc) is 2.37. The van der Waals surface area contributed by atoms with Gasteiger partial charge in [-0.1, -0.05) is 6.07 Å². The van der Waals surface area contributed by atoms with E-state index in [9.17, 15) is 22.0 Å². The quantitative estimate of drug-likeness (QED) is 0.824. The number of alkyl halides is 3. The number of nitrogens with one attached hydrogen (secondary N) is 1. The van der Waals surface area contributed by atoms with Crippen LogP contribution in [-0.2, 0) is 6.18 Å². The lowest BCUT2D eigenvalue weighted by Gasteiger charge is -2.13. The van der Waals surface area contributed by atoms with E-state index in [-0.39, 0.29) is 5.69 Å². The maximum absolute atomic E-state index is 13.5. The largest absolute Gasteiger partial charge is 0.416 e. The monoisotopic (exact) mass is 303 g/mol. The van der Waals surface area contributed by atoms with Crippen molar-refractivity contribution in [3.8, 4) is 0 Å². The normalized spacial score (nSPS) is 11.5. The molecule has 2 rings (SSSR count). The summed E-state index contributed by atoms with van der Waals surface area (Å²) < 4.78 is 64.5. The van der Waals surface area contributed by atoms with Crippen LogP contribution in [0.2, 0.25) is 0 Å².